The standard InChI is InChI=1S/C47H90O6/c1-7-43(6)35-29-23-17-12-13-18-24-30-36-45(48)51-39-44(40-52-46(49)37-31-25-20-14-16-22-28-34-42(4)5)53-47(50)38-32-26-19-11-9-8-10-15-21-27-33-41(2)3/h41-44H,7-40H2,1-6H3/t43?,44-/m0/s1. The third kappa shape index (κ3) is 39.9. The number of unbranched alkanes of at least 4 members (excludes halogenated alkanes) is 22. The van der Waals surface area contributed by atoms with Crippen molar-refractivity contribution in [2.45, 2.75) is 253 Å². The molecule has 6 heteroatoms. The number of rotatable bonds is 40. The highest BCUT2D eigenvalue weighted by atomic mass is 16.6. The van der Waals surface area contributed by atoms with Crippen molar-refractivity contribution in [3.63, 3.8) is 0 Å². The van der Waals surface area contributed by atoms with Crippen LogP contribution in [0, 0.1) is 17.8 Å². The molecule has 314 valence electrons. The minimum atomic E-state index is -0.762. The van der Waals surface area contributed by atoms with Crippen molar-refractivity contribution in [3.8, 4) is 0 Å². The van der Waals surface area contributed by atoms with Crippen LogP contribution in [0.5, 0.6) is 0 Å². The second-order valence-electron chi connectivity index (χ2n) is 17.2. The summed E-state index contributed by atoms with van der Waals surface area (Å²) in [6.07, 6.45) is 35.2. The van der Waals surface area contributed by atoms with Gasteiger partial charge in [0.1, 0.15) is 13.2 Å². The molecule has 0 rings (SSSR count). The highest BCUT2D eigenvalue weighted by molar-refractivity contribution is 5.71. The second kappa shape index (κ2) is 38.7. The van der Waals surface area contributed by atoms with Crippen LogP contribution in [0.15, 0.2) is 0 Å². The maximum Gasteiger partial charge on any atom is 0.306 e. The first-order chi connectivity index (χ1) is 25.6. The smallest absolute Gasteiger partial charge is 0.306 e. The van der Waals surface area contributed by atoms with E-state index in [-0.39, 0.29) is 31.1 Å². The maximum atomic E-state index is 12.7. The molecule has 53 heavy (non-hydrogen) atoms. The minimum absolute atomic E-state index is 0.0667. The number of hydrogen-bond acceptors (Lipinski definition) is 6. The van der Waals surface area contributed by atoms with Crippen LogP contribution < -0.4 is 0 Å². The number of carbonyl (C=O) groups is 3. The SMILES string of the molecule is CCC(C)CCCCCCCCCCC(=O)OC[C@@H](COC(=O)CCCCCCCCCC(C)C)OC(=O)CCCCCCCCCCCCC(C)C. The summed E-state index contributed by atoms with van der Waals surface area (Å²) in [5, 5.41) is 0. The van der Waals surface area contributed by atoms with Gasteiger partial charge in [0.2, 0.25) is 0 Å². The Bertz CT molecular complexity index is 824. The third-order valence-electron chi connectivity index (χ3n) is 10.8. The van der Waals surface area contributed by atoms with Crippen LogP contribution in [0.25, 0.3) is 0 Å². The van der Waals surface area contributed by atoms with Gasteiger partial charge in [-0.15, -0.1) is 0 Å². The Hall–Kier alpha value is -1.59. The van der Waals surface area contributed by atoms with Gasteiger partial charge in [0.05, 0.1) is 0 Å². The summed E-state index contributed by atoms with van der Waals surface area (Å²) in [5.74, 6) is 1.58. The molecule has 2 atom stereocenters. The molecule has 0 fully saturated rings. The molecule has 0 N–H and O–H groups in total. The summed E-state index contributed by atoms with van der Waals surface area (Å²) < 4.78 is 16.7. The van der Waals surface area contributed by atoms with Crippen molar-refractivity contribution in [2.24, 2.45) is 17.8 Å². The molecular weight excluding hydrogens is 661 g/mol. The lowest BCUT2D eigenvalue weighted by Gasteiger charge is -2.18. The van der Waals surface area contributed by atoms with Crippen molar-refractivity contribution in [2.75, 3.05) is 13.2 Å². The average Bonchev–Trinajstić information content (AvgIpc) is 3.12. The van der Waals surface area contributed by atoms with Crippen LogP contribution in [0.3, 0.4) is 0 Å². The highest BCUT2D eigenvalue weighted by Gasteiger charge is 2.19. The predicted molar refractivity (Wildman–Crippen MR) is 224 cm³/mol. The van der Waals surface area contributed by atoms with Crippen molar-refractivity contribution in [1.29, 1.82) is 0 Å². The molecular formula is C47H90O6. The van der Waals surface area contributed by atoms with E-state index in [0.717, 1.165) is 75.5 Å². The van der Waals surface area contributed by atoms with Crippen LogP contribution in [0.1, 0.15) is 247 Å². The molecule has 0 saturated heterocycles. The molecule has 1 unspecified atom stereocenters. The van der Waals surface area contributed by atoms with E-state index in [9.17, 15) is 14.4 Å². The fourth-order valence-electron chi connectivity index (χ4n) is 6.85. The van der Waals surface area contributed by atoms with Gasteiger partial charge in [-0.25, -0.2) is 0 Å². The van der Waals surface area contributed by atoms with Gasteiger partial charge in [-0.3, -0.25) is 14.4 Å². The number of esters is 3. The zero-order valence-corrected chi connectivity index (χ0v) is 36.3. The molecule has 0 aliphatic carbocycles. The van der Waals surface area contributed by atoms with E-state index < -0.39 is 6.10 Å². The summed E-state index contributed by atoms with van der Waals surface area (Å²) in [4.78, 5) is 37.7. The Morgan fingerprint density at radius 3 is 0.981 bits per heavy atom. The first kappa shape index (κ1) is 51.4. The van der Waals surface area contributed by atoms with Gasteiger partial charge in [-0.1, -0.05) is 208 Å². The first-order valence-corrected chi connectivity index (χ1v) is 23.1. The Labute approximate surface area is 329 Å². The summed E-state index contributed by atoms with van der Waals surface area (Å²) in [6, 6.07) is 0. The molecule has 0 aliphatic rings. The summed E-state index contributed by atoms with van der Waals surface area (Å²) in [7, 11) is 0. The molecule has 0 heterocycles. The van der Waals surface area contributed by atoms with Gasteiger partial charge in [-0.05, 0) is 37.0 Å². The van der Waals surface area contributed by atoms with Gasteiger partial charge in [0.25, 0.3) is 0 Å². The minimum Gasteiger partial charge on any atom is -0.462 e. The lowest BCUT2D eigenvalue weighted by atomic mass is 9.99. The summed E-state index contributed by atoms with van der Waals surface area (Å²) in [6.45, 7) is 13.6. The van der Waals surface area contributed by atoms with E-state index in [4.69, 9.17) is 14.2 Å². The topological polar surface area (TPSA) is 78.9 Å². The molecule has 0 aromatic heterocycles. The van der Waals surface area contributed by atoms with Crippen molar-refractivity contribution in [3.05, 3.63) is 0 Å². The van der Waals surface area contributed by atoms with E-state index in [1.54, 1.807) is 0 Å². The molecule has 0 aromatic carbocycles. The van der Waals surface area contributed by atoms with E-state index in [1.807, 2.05) is 0 Å². The van der Waals surface area contributed by atoms with Gasteiger partial charge in [0.15, 0.2) is 6.10 Å². The molecule has 0 aromatic rings. The van der Waals surface area contributed by atoms with Crippen molar-refractivity contribution < 1.29 is 28.6 Å². The van der Waals surface area contributed by atoms with E-state index in [2.05, 4.69) is 41.5 Å². The molecule has 0 amide bonds. The summed E-state index contributed by atoms with van der Waals surface area (Å²) in [5.41, 5.74) is 0. The van der Waals surface area contributed by atoms with Gasteiger partial charge in [0, 0.05) is 19.3 Å². The van der Waals surface area contributed by atoms with E-state index in [1.165, 1.54) is 128 Å². The number of carbonyl (C=O) groups excluding carboxylic acids is 3. The van der Waals surface area contributed by atoms with Crippen LogP contribution in [-0.4, -0.2) is 37.2 Å². The molecule has 0 saturated carbocycles. The van der Waals surface area contributed by atoms with Gasteiger partial charge in [-0.2, -0.15) is 0 Å². The molecule has 0 aliphatic heterocycles. The van der Waals surface area contributed by atoms with Gasteiger partial charge < -0.3 is 14.2 Å². The van der Waals surface area contributed by atoms with Crippen LogP contribution in [0.4, 0.5) is 0 Å². The first-order valence-electron chi connectivity index (χ1n) is 23.1. The summed E-state index contributed by atoms with van der Waals surface area (Å²) >= 11 is 0. The zero-order valence-electron chi connectivity index (χ0n) is 36.3. The van der Waals surface area contributed by atoms with E-state index in [0.29, 0.717) is 19.3 Å². The monoisotopic (exact) mass is 751 g/mol. The lowest BCUT2D eigenvalue weighted by Crippen LogP contribution is -2.30. The Morgan fingerprint density at radius 2 is 0.660 bits per heavy atom. The molecule has 6 nitrogen and oxygen atoms in total. The average molecular weight is 751 g/mol. The van der Waals surface area contributed by atoms with Crippen molar-refractivity contribution in [1.82, 2.24) is 0 Å². The number of ether oxygens (including phenoxy) is 3. The Kier molecular flexibility index (Phi) is 37.5. The second-order valence-corrected chi connectivity index (χ2v) is 17.2. The van der Waals surface area contributed by atoms with Crippen LogP contribution >= 0.6 is 0 Å². The Morgan fingerprint density at radius 1 is 0.377 bits per heavy atom. The largest absolute Gasteiger partial charge is 0.462 e. The van der Waals surface area contributed by atoms with E-state index >= 15 is 0 Å². The molecule has 0 spiro atoms. The highest BCUT2D eigenvalue weighted by Crippen LogP contribution is 2.17. The zero-order chi connectivity index (χ0) is 39.2. The fourth-order valence-corrected chi connectivity index (χ4v) is 6.85. The quantitative estimate of drug-likeness (QED) is 0.0352. The fraction of sp³-hybridized carbons (Fsp3) is 0.936. The molecule has 0 bridgehead atoms. The lowest BCUT2D eigenvalue weighted by molar-refractivity contribution is -0.167. The maximum absolute atomic E-state index is 12.7. The molecule has 0 radical (unpaired) electrons. The Balaban J connectivity index is 4.35. The third-order valence-corrected chi connectivity index (χ3v) is 10.8. The van der Waals surface area contributed by atoms with Crippen molar-refractivity contribution >= 4 is 17.9 Å². The van der Waals surface area contributed by atoms with Crippen LogP contribution in [-0.2, 0) is 28.6 Å². The normalized spacial score (nSPS) is 12.7. The predicted octanol–water partition coefficient (Wildman–Crippen LogP) is 14.4. The van der Waals surface area contributed by atoms with Crippen LogP contribution in [0.2, 0.25) is 0 Å². The number of hydrogen-bond donors (Lipinski definition) is 0. The van der Waals surface area contributed by atoms with Gasteiger partial charge >= 0.3 is 17.9 Å².